The van der Waals surface area contributed by atoms with Gasteiger partial charge in [-0.1, -0.05) is 27.7 Å². The Hall–Kier alpha value is -4.48. The van der Waals surface area contributed by atoms with Gasteiger partial charge in [0, 0.05) is 42.1 Å². The van der Waals surface area contributed by atoms with Crippen LogP contribution in [0.15, 0.2) is 30.5 Å². The number of hydrogen-bond donors (Lipinski definition) is 4. The van der Waals surface area contributed by atoms with Crippen LogP contribution in [0.25, 0.3) is 11.4 Å². The second-order valence-corrected chi connectivity index (χ2v) is 12.2. The molecule has 3 amide bonds. The van der Waals surface area contributed by atoms with E-state index in [1.807, 2.05) is 48.5 Å². The summed E-state index contributed by atoms with van der Waals surface area (Å²) < 4.78 is 5.33. The Bertz CT molecular complexity index is 1480. The van der Waals surface area contributed by atoms with Crippen LogP contribution in [0.5, 0.6) is 0 Å². The molecule has 0 unspecified atom stereocenters. The van der Waals surface area contributed by atoms with Crippen LogP contribution in [0.1, 0.15) is 93.3 Å². The lowest BCUT2D eigenvalue weighted by molar-refractivity contribution is 0.0473. The van der Waals surface area contributed by atoms with Gasteiger partial charge in [-0.3, -0.25) is 14.7 Å². The molecular formula is C31H42N8O4. The highest BCUT2D eigenvalue weighted by molar-refractivity contribution is 6.05. The molecule has 1 fully saturated rings. The highest BCUT2D eigenvalue weighted by Crippen LogP contribution is 2.42. The quantitative estimate of drug-likeness (QED) is 0.339. The van der Waals surface area contributed by atoms with E-state index in [2.05, 4.69) is 30.8 Å². The van der Waals surface area contributed by atoms with Crippen molar-refractivity contribution in [2.24, 2.45) is 0 Å². The smallest absolute Gasteiger partial charge is 0.407 e. The van der Waals surface area contributed by atoms with Crippen molar-refractivity contribution in [1.82, 2.24) is 30.4 Å². The minimum absolute atomic E-state index is 0.0389. The lowest BCUT2D eigenvalue weighted by Gasteiger charge is -2.33. The number of H-pyrrole nitrogens is 1. The lowest BCUT2D eigenvalue weighted by atomic mass is 9.73. The number of nitrogens with zero attached hydrogens (tertiary/aromatic N) is 4. The van der Waals surface area contributed by atoms with Crippen LogP contribution < -0.4 is 16.4 Å². The van der Waals surface area contributed by atoms with Gasteiger partial charge in [0.05, 0.1) is 5.69 Å². The van der Waals surface area contributed by atoms with Gasteiger partial charge in [-0.15, -0.1) is 0 Å². The number of alkyl carbamates (subject to hydrolysis) is 1. The Morgan fingerprint density at radius 2 is 1.72 bits per heavy atom. The number of rotatable bonds is 4. The Kier molecular flexibility index (Phi) is 9.07. The molecule has 5 N–H and O–H groups in total. The fourth-order valence-corrected chi connectivity index (χ4v) is 5.43. The molecule has 3 heterocycles. The van der Waals surface area contributed by atoms with E-state index in [4.69, 9.17) is 10.5 Å². The van der Waals surface area contributed by atoms with Crippen LogP contribution >= 0.6 is 0 Å². The van der Waals surface area contributed by atoms with Crippen LogP contribution in [0.4, 0.5) is 16.4 Å². The third-order valence-electron chi connectivity index (χ3n) is 7.30. The molecule has 1 aliphatic carbocycles. The third-order valence-corrected chi connectivity index (χ3v) is 7.30. The van der Waals surface area contributed by atoms with Crippen molar-refractivity contribution in [3.8, 4) is 11.4 Å². The molecule has 0 saturated carbocycles. The molecule has 230 valence electrons. The van der Waals surface area contributed by atoms with Gasteiger partial charge in [0.15, 0.2) is 0 Å². The number of aromatic amines is 1. The van der Waals surface area contributed by atoms with Crippen LogP contribution in [0, 0.1) is 0 Å². The van der Waals surface area contributed by atoms with Gasteiger partial charge in [0.1, 0.15) is 17.0 Å². The zero-order valence-corrected chi connectivity index (χ0v) is 26.0. The molecular weight excluding hydrogens is 548 g/mol. The average molecular weight is 591 g/mol. The standard InChI is InChI=1S/C29H36N8O4.C2H6/c1-28(2,3)41-27(40)33-19-10-12-37(13-11-19)25(39)16-6-8-18(9-7-16)32-24(38)23-20-22(35-36-23)21-17(14-29(20,4)5)15-31-26(30)34-21;1-2/h6-9,15,19H,10-14H2,1-5H3,(H,32,38)(H,33,40)(H,35,36)(H2,30,31,34);1-2H3. The molecule has 1 aromatic carbocycles. The predicted octanol–water partition coefficient (Wildman–Crippen LogP) is 4.69. The molecule has 2 aliphatic rings. The fraction of sp³-hybridized carbons (Fsp3) is 0.484. The summed E-state index contributed by atoms with van der Waals surface area (Å²) in [6.07, 6.45) is 3.20. The Morgan fingerprint density at radius 3 is 2.35 bits per heavy atom. The normalized spacial score (nSPS) is 15.7. The van der Waals surface area contributed by atoms with Crippen LogP contribution in [0.3, 0.4) is 0 Å². The first-order valence-electron chi connectivity index (χ1n) is 14.7. The second-order valence-electron chi connectivity index (χ2n) is 12.2. The highest BCUT2D eigenvalue weighted by Gasteiger charge is 2.38. The number of ether oxygens (including phenoxy) is 1. The van der Waals surface area contributed by atoms with E-state index in [1.165, 1.54) is 0 Å². The van der Waals surface area contributed by atoms with Crippen LogP contribution in [0.2, 0.25) is 0 Å². The topological polar surface area (TPSA) is 168 Å². The van der Waals surface area contributed by atoms with Crippen LogP contribution in [-0.2, 0) is 16.6 Å². The number of benzene rings is 1. The zero-order valence-electron chi connectivity index (χ0n) is 26.0. The monoisotopic (exact) mass is 590 g/mol. The van der Waals surface area contributed by atoms with E-state index in [-0.39, 0.29) is 29.2 Å². The van der Waals surface area contributed by atoms with Gasteiger partial charge in [-0.2, -0.15) is 5.10 Å². The minimum atomic E-state index is -0.558. The summed E-state index contributed by atoms with van der Waals surface area (Å²) >= 11 is 0. The summed E-state index contributed by atoms with van der Waals surface area (Å²) in [5.41, 5.74) is 9.24. The maximum atomic E-state index is 13.3. The van der Waals surface area contributed by atoms with Crippen molar-refractivity contribution >= 4 is 29.5 Å². The van der Waals surface area contributed by atoms with Gasteiger partial charge >= 0.3 is 6.09 Å². The molecule has 3 aromatic rings. The van der Waals surface area contributed by atoms with Crippen LogP contribution in [-0.4, -0.2) is 67.7 Å². The van der Waals surface area contributed by atoms with E-state index in [1.54, 1.807) is 35.4 Å². The first-order chi connectivity index (χ1) is 20.3. The van der Waals surface area contributed by atoms with E-state index in [0.29, 0.717) is 60.7 Å². The zero-order chi connectivity index (χ0) is 31.5. The maximum Gasteiger partial charge on any atom is 0.407 e. The molecule has 12 nitrogen and oxygen atoms in total. The molecule has 0 radical (unpaired) electrons. The molecule has 2 aromatic heterocycles. The summed E-state index contributed by atoms with van der Waals surface area (Å²) in [6.45, 7) is 14.6. The number of hydrogen-bond acceptors (Lipinski definition) is 8. The van der Waals surface area contributed by atoms with E-state index >= 15 is 0 Å². The second kappa shape index (κ2) is 12.4. The number of nitrogens with two attached hydrogens (primary N) is 1. The number of carbonyl (C=O) groups excluding carboxylic acids is 3. The number of piperidine rings is 1. The van der Waals surface area contributed by atoms with Crippen molar-refractivity contribution in [2.75, 3.05) is 24.1 Å². The Morgan fingerprint density at radius 1 is 1.07 bits per heavy atom. The maximum absolute atomic E-state index is 13.3. The van der Waals surface area contributed by atoms with Crippen molar-refractivity contribution in [2.45, 2.75) is 84.8 Å². The molecule has 5 rings (SSSR count). The summed E-state index contributed by atoms with van der Waals surface area (Å²) in [5, 5.41) is 13.1. The van der Waals surface area contributed by atoms with Gasteiger partial charge in [0.2, 0.25) is 5.95 Å². The molecule has 12 heteroatoms. The molecule has 1 saturated heterocycles. The molecule has 0 spiro atoms. The average Bonchev–Trinajstić information content (AvgIpc) is 3.41. The highest BCUT2D eigenvalue weighted by atomic mass is 16.6. The fourth-order valence-electron chi connectivity index (χ4n) is 5.43. The third kappa shape index (κ3) is 7.12. The Balaban J connectivity index is 0.00000207. The lowest BCUT2D eigenvalue weighted by Crippen LogP contribution is -2.47. The number of fused-ring (bicyclic) bond motifs is 3. The summed E-state index contributed by atoms with van der Waals surface area (Å²) in [5.74, 6) is -0.279. The van der Waals surface area contributed by atoms with Crippen molar-refractivity contribution in [3.05, 3.63) is 52.8 Å². The molecule has 0 bridgehead atoms. The molecule has 43 heavy (non-hydrogen) atoms. The first kappa shape index (κ1) is 31.5. The van der Waals surface area contributed by atoms with Crippen molar-refractivity contribution < 1.29 is 19.1 Å². The number of likely N-dealkylation sites (tertiary alicyclic amines) is 1. The Labute approximate surface area is 252 Å². The van der Waals surface area contributed by atoms with Crippen molar-refractivity contribution in [1.29, 1.82) is 0 Å². The van der Waals surface area contributed by atoms with E-state index in [0.717, 1.165) is 11.1 Å². The van der Waals surface area contributed by atoms with Gasteiger partial charge in [0.25, 0.3) is 11.8 Å². The number of nitrogens with one attached hydrogen (secondary N) is 3. The van der Waals surface area contributed by atoms with Gasteiger partial charge in [-0.05, 0) is 75.3 Å². The SMILES string of the molecule is CC.CC(C)(C)OC(=O)NC1CCN(C(=O)c2ccc(NC(=O)c3[nH]nc4c3C(C)(C)Cc3cnc(N)nc3-4)cc2)CC1. The number of carbonyl (C=O) groups is 3. The largest absolute Gasteiger partial charge is 0.444 e. The minimum Gasteiger partial charge on any atom is -0.444 e. The van der Waals surface area contributed by atoms with Crippen molar-refractivity contribution in [3.63, 3.8) is 0 Å². The first-order valence-corrected chi connectivity index (χ1v) is 14.7. The number of nitrogen functional groups attached to an aromatic ring is 1. The van der Waals surface area contributed by atoms with E-state index < -0.39 is 11.7 Å². The van der Waals surface area contributed by atoms with E-state index in [9.17, 15) is 14.4 Å². The molecule has 1 aliphatic heterocycles. The van der Waals surface area contributed by atoms with Gasteiger partial charge < -0.3 is 26.0 Å². The number of aromatic nitrogens is 4. The summed E-state index contributed by atoms with van der Waals surface area (Å²) in [4.78, 5) is 48.7. The number of amides is 3. The summed E-state index contributed by atoms with van der Waals surface area (Å²) in [6, 6.07) is 6.78. The number of anilines is 2. The van der Waals surface area contributed by atoms with Gasteiger partial charge in [-0.25, -0.2) is 14.8 Å². The summed E-state index contributed by atoms with van der Waals surface area (Å²) in [7, 11) is 0. The predicted molar refractivity (Wildman–Crippen MR) is 165 cm³/mol. The molecule has 0 atom stereocenters.